The van der Waals surface area contributed by atoms with Gasteiger partial charge < -0.3 is 20.7 Å². The van der Waals surface area contributed by atoms with Crippen LogP contribution in [0.5, 0.6) is 0 Å². The zero-order valence-corrected chi connectivity index (χ0v) is 12.9. The first-order valence-electron chi connectivity index (χ1n) is 7.23. The predicted molar refractivity (Wildman–Crippen MR) is 79.6 cm³/mol. The molecule has 3 N–H and O–H groups in total. The van der Waals surface area contributed by atoms with E-state index in [1.807, 2.05) is 13.8 Å². The minimum Gasteiger partial charge on any atom is -0.409 e. The summed E-state index contributed by atoms with van der Waals surface area (Å²) < 4.78 is 0. The van der Waals surface area contributed by atoms with Crippen LogP contribution in [0.2, 0.25) is 0 Å². The van der Waals surface area contributed by atoms with Crippen molar-refractivity contribution in [2.24, 2.45) is 16.3 Å². The van der Waals surface area contributed by atoms with Crippen LogP contribution >= 0.6 is 0 Å². The molecule has 0 atom stereocenters. The topological polar surface area (TPSA) is 65.1 Å². The number of nitrogens with zero attached hydrogens (tertiary/aromatic N) is 3. The molecule has 5 heteroatoms. The van der Waals surface area contributed by atoms with Crippen LogP contribution in [-0.2, 0) is 0 Å². The quantitative estimate of drug-likeness (QED) is 0.333. The minimum absolute atomic E-state index is 0.212. The second kappa shape index (κ2) is 7.10. The Morgan fingerprint density at radius 1 is 1.37 bits per heavy atom. The number of rotatable bonds is 6. The molecule has 0 aromatic heterocycles. The van der Waals surface area contributed by atoms with Crippen LogP contribution in [-0.4, -0.2) is 60.6 Å². The van der Waals surface area contributed by atoms with Gasteiger partial charge in [0.2, 0.25) is 0 Å². The molecule has 0 bridgehead atoms. The van der Waals surface area contributed by atoms with Crippen molar-refractivity contribution in [3.8, 4) is 0 Å². The predicted octanol–water partition coefficient (Wildman–Crippen LogP) is 1.57. The van der Waals surface area contributed by atoms with Gasteiger partial charge in [-0.2, -0.15) is 0 Å². The number of likely N-dealkylation sites (tertiary alicyclic amines) is 1. The molecule has 0 unspecified atom stereocenters. The fraction of sp³-hybridized carbons (Fsp3) is 0.929. The number of nitrogens with two attached hydrogens (primary N) is 1. The maximum absolute atomic E-state index is 8.75. The van der Waals surface area contributed by atoms with E-state index in [9.17, 15) is 0 Å². The zero-order chi connectivity index (χ0) is 14.5. The van der Waals surface area contributed by atoms with Gasteiger partial charge >= 0.3 is 0 Å². The first kappa shape index (κ1) is 16.2. The lowest BCUT2D eigenvalue weighted by atomic mass is 9.86. The van der Waals surface area contributed by atoms with Gasteiger partial charge in [-0.05, 0) is 59.4 Å². The van der Waals surface area contributed by atoms with Crippen LogP contribution in [0, 0.1) is 5.41 Å². The van der Waals surface area contributed by atoms with Gasteiger partial charge in [-0.3, -0.25) is 0 Å². The monoisotopic (exact) mass is 270 g/mol. The van der Waals surface area contributed by atoms with Crippen molar-refractivity contribution < 1.29 is 5.21 Å². The summed E-state index contributed by atoms with van der Waals surface area (Å²) >= 11 is 0. The van der Waals surface area contributed by atoms with E-state index < -0.39 is 0 Å². The number of oxime groups is 1. The Kier molecular flexibility index (Phi) is 6.07. The third-order valence-electron chi connectivity index (χ3n) is 4.36. The first-order chi connectivity index (χ1) is 8.86. The molecular formula is C14H30N4O. The Hall–Kier alpha value is -0.810. The summed E-state index contributed by atoms with van der Waals surface area (Å²) in [5.74, 6) is 0.332. The summed E-state index contributed by atoms with van der Waals surface area (Å²) in [6.07, 6.45) is 4.57. The lowest BCUT2D eigenvalue weighted by Gasteiger charge is -2.35. The van der Waals surface area contributed by atoms with E-state index in [1.165, 1.54) is 25.9 Å². The van der Waals surface area contributed by atoms with Gasteiger partial charge in [-0.1, -0.05) is 19.0 Å². The summed E-state index contributed by atoms with van der Waals surface area (Å²) in [5.41, 5.74) is 5.49. The summed E-state index contributed by atoms with van der Waals surface area (Å²) in [4.78, 5) is 4.86. The molecule has 0 aromatic carbocycles. The second-order valence-corrected chi connectivity index (χ2v) is 6.51. The smallest absolute Gasteiger partial charge is 0.144 e. The summed E-state index contributed by atoms with van der Waals surface area (Å²) in [7, 11) is 4.33. The molecule has 1 aliphatic rings. The molecule has 112 valence electrons. The van der Waals surface area contributed by atoms with Crippen LogP contribution in [0.1, 0.15) is 39.5 Å². The van der Waals surface area contributed by atoms with E-state index in [-0.39, 0.29) is 5.41 Å². The van der Waals surface area contributed by atoms with Gasteiger partial charge in [0.25, 0.3) is 0 Å². The molecule has 1 aliphatic heterocycles. The lowest BCUT2D eigenvalue weighted by molar-refractivity contribution is 0.141. The fourth-order valence-electron chi connectivity index (χ4n) is 2.67. The third kappa shape index (κ3) is 4.99. The van der Waals surface area contributed by atoms with E-state index in [4.69, 9.17) is 10.9 Å². The van der Waals surface area contributed by atoms with Gasteiger partial charge in [0.1, 0.15) is 5.84 Å². The van der Waals surface area contributed by atoms with E-state index in [0.29, 0.717) is 5.84 Å². The second-order valence-electron chi connectivity index (χ2n) is 6.51. The van der Waals surface area contributed by atoms with E-state index in [1.54, 1.807) is 0 Å². The molecule has 1 fully saturated rings. The average molecular weight is 270 g/mol. The zero-order valence-electron chi connectivity index (χ0n) is 12.9. The lowest BCUT2D eigenvalue weighted by Crippen LogP contribution is -2.42. The number of amidine groups is 1. The normalized spacial score (nSPS) is 20.2. The van der Waals surface area contributed by atoms with Gasteiger partial charge in [-0.15, -0.1) is 0 Å². The van der Waals surface area contributed by atoms with Crippen molar-refractivity contribution in [3.05, 3.63) is 0 Å². The maximum Gasteiger partial charge on any atom is 0.144 e. The molecule has 0 aliphatic carbocycles. The average Bonchev–Trinajstić information content (AvgIpc) is 2.38. The Morgan fingerprint density at radius 3 is 2.42 bits per heavy atom. The molecule has 0 amide bonds. The van der Waals surface area contributed by atoms with Crippen LogP contribution in [0.4, 0.5) is 0 Å². The van der Waals surface area contributed by atoms with Gasteiger partial charge in [-0.25, -0.2) is 0 Å². The van der Waals surface area contributed by atoms with E-state index in [2.05, 4.69) is 29.1 Å². The molecule has 1 heterocycles. The summed E-state index contributed by atoms with van der Waals surface area (Å²) in [6.45, 7) is 7.54. The summed E-state index contributed by atoms with van der Waals surface area (Å²) in [6, 6.07) is 0.741. The first-order valence-corrected chi connectivity index (χ1v) is 7.23. The van der Waals surface area contributed by atoms with Crippen LogP contribution in [0.15, 0.2) is 5.16 Å². The van der Waals surface area contributed by atoms with Crippen molar-refractivity contribution >= 4 is 5.84 Å². The van der Waals surface area contributed by atoms with Crippen LogP contribution in [0.25, 0.3) is 0 Å². The maximum atomic E-state index is 8.75. The van der Waals surface area contributed by atoms with Crippen molar-refractivity contribution in [2.45, 2.75) is 45.6 Å². The highest BCUT2D eigenvalue weighted by atomic mass is 16.4. The highest BCUT2D eigenvalue weighted by Gasteiger charge is 2.24. The molecule has 0 aromatic rings. The van der Waals surface area contributed by atoms with Crippen molar-refractivity contribution in [2.75, 3.05) is 33.7 Å². The van der Waals surface area contributed by atoms with Gasteiger partial charge in [0.15, 0.2) is 0 Å². The van der Waals surface area contributed by atoms with Crippen LogP contribution < -0.4 is 5.73 Å². The molecule has 0 spiro atoms. The third-order valence-corrected chi connectivity index (χ3v) is 4.36. The largest absolute Gasteiger partial charge is 0.409 e. The minimum atomic E-state index is -0.212. The molecule has 0 saturated carbocycles. The molecule has 19 heavy (non-hydrogen) atoms. The Labute approximate surface area is 117 Å². The standard InChI is InChI=1S/C14H30N4O/c1-14(2,13(15)16-19)8-5-9-18-10-6-12(7-11-18)17(3)4/h12,19H,5-11H2,1-4H3,(H2,15,16). The Balaban J connectivity index is 2.25. The van der Waals surface area contributed by atoms with E-state index in [0.717, 1.165) is 25.4 Å². The number of piperidine rings is 1. The SMILES string of the molecule is CN(C)C1CCN(CCCC(C)(C)C(N)=NO)CC1. The fourth-order valence-corrected chi connectivity index (χ4v) is 2.67. The molecular weight excluding hydrogens is 240 g/mol. The highest BCUT2D eigenvalue weighted by molar-refractivity contribution is 5.85. The van der Waals surface area contributed by atoms with Crippen molar-refractivity contribution in [1.82, 2.24) is 9.80 Å². The Bertz CT molecular complexity index is 294. The van der Waals surface area contributed by atoms with Crippen LogP contribution in [0.3, 0.4) is 0 Å². The summed E-state index contributed by atoms with van der Waals surface area (Å²) in [5, 5.41) is 11.9. The number of hydrogen-bond acceptors (Lipinski definition) is 4. The molecule has 5 nitrogen and oxygen atoms in total. The number of hydrogen-bond donors (Lipinski definition) is 2. The van der Waals surface area contributed by atoms with E-state index >= 15 is 0 Å². The highest BCUT2D eigenvalue weighted by Crippen LogP contribution is 2.23. The van der Waals surface area contributed by atoms with Gasteiger partial charge in [0.05, 0.1) is 0 Å². The van der Waals surface area contributed by atoms with Gasteiger partial charge in [0, 0.05) is 11.5 Å². The van der Waals surface area contributed by atoms with Crippen molar-refractivity contribution in [3.63, 3.8) is 0 Å². The Morgan fingerprint density at radius 2 is 1.95 bits per heavy atom. The van der Waals surface area contributed by atoms with Crippen molar-refractivity contribution in [1.29, 1.82) is 0 Å². The molecule has 0 radical (unpaired) electrons. The molecule has 1 saturated heterocycles. The molecule has 1 rings (SSSR count).